The van der Waals surface area contributed by atoms with Crippen LogP contribution < -0.4 is 10.6 Å². The molecule has 4 heterocycles. The molecule has 56 heavy (non-hydrogen) atoms. The fourth-order valence-corrected chi connectivity index (χ4v) is 8.48. The zero-order valence-corrected chi connectivity index (χ0v) is 33.5. The fourth-order valence-electron chi connectivity index (χ4n) is 7.85. The van der Waals surface area contributed by atoms with Crippen molar-refractivity contribution in [3.8, 4) is 11.1 Å². The topological polar surface area (TPSA) is 158 Å². The van der Waals surface area contributed by atoms with Gasteiger partial charge in [0, 0.05) is 61.3 Å². The Labute approximate surface area is 331 Å². The molecule has 1 fully saturated rings. The lowest BCUT2D eigenvalue weighted by Crippen LogP contribution is -2.33. The van der Waals surface area contributed by atoms with Gasteiger partial charge in [0.25, 0.3) is 16.0 Å². The van der Waals surface area contributed by atoms with Crippen LogP contribution in [-0.4, -0.2) is 71.2 Å². The number of aromatic nitrogens is 4. The number of halogens is 1. The van der Waals surface area contributed by atoms with E-state index in [-0.39, 0.29) is 24.4 Å². The van der Waals surface area contributed by atoms with Gasteiger partial charge in [-0.25, -0.2) is 9.97 Å². The molecule has 15 heteroatoms. The highest BCUT2D eigenvalue weighted by Gasteiger charge is 2.29. The number of hydrogen-bond acceptors (Lipinski definition) is 11. The number of esters is 1. The number of pyridine rings is 2. The zero-order chi connectivity index (χ0) is 39.6. The Hall–Kier alpha value is -4.89. The van der Waals surface area contributed by atoms with Gasteiger partial charge in [-0.15, -0.1) is 0 Å². The molecule has 5 aromatic rings. The lowest BCUT2D eigenvalue weighted by atomic mass is 9.80. The number of carbonyl (C=O) groups is 2. The van der Waals surface area contributed by atoms with Crippen LogP contribution in [0.5, 0.6) is 0 Å². The number of anilines is 3. The van der Waals surface area contributed by atoms with E-state index in [0.29, 0.717) is 45.9 Å². The van der Waals surface area contributed by atoms with E-state index in [1.165, 1.54) is 7.11 Å². The van der Waals surface area contributed by atoms with Crippen LogP contribution in [0.4, 0.5) is 17.2 Å². The van der Waals surface area contributed by atoms with Crippen LogP contribution >= 0.6 is 11.6 Å². The average Bonchev–Trinajstić information content (AvgIpc) is 3.53. The van der Waals surface area contributed by atoms with E-state index in [4.69, 9.17) is 25.5 Å². The zero-order valence-electron chi connectivity index (χ0n) is 32.0. The maximum absolute atomic E-state index is 13.7. The first kappa shape index (κ1) is 39.3. The van der Waals surface area contributed by atoms with Crippen LogP contribution in [0.1, 0.15) is 65.2 Å². The van der Waals surface area contributed by atoms with Gasteiger partial charge in [0.15, 0.2) is 11.6 Å². The van der Waals surface area contributed by atoms with Crippen molar-refractivity contribution in [2.45, 2.75) is 58.6 Å². The summed E-state index contributed by atoms with van der Waals surface area (Å²) < 4.78 is 34.7. The van der Waals surface area contributed by atoms with E-state index in [1.54, 1.807) is 24.5 Å². The Morgan fingerprint density at radius 3 is 2.52 bits per heavy atom. The van der Waals surface area contributed by atoms with E-state index in [2.05, 4.69) is 25.5 Å². The summed E-state index contributed by atoms with van der Waals surface area (Å²) in [6.07, 6.45) is 10.0. The normalized spacial score (nSPS) is 17.4. The minimum absolute atomic E-state index is 0.0381. The first-order valence-electron chi connectivity index (χ1n) is 18.8. The molecule has 1 saturated carbocycles. The molecule has 0 bridgehead atoms. The molecule has 1 aliphatic heterocycles. The van der Waals surface area contributed by atoms with Crippen LogP contribution in [0.2, 0.25) is 5.02 Å². The minimum atomic E-state index is -3.59. The first-order chi connectivity index (χ1) is 26.9. The summed E-state index contributed by atoms with van der Waals surface area (Å²) in [7, 11) is -0.231. The van der Waals surface area contributed by atoms with Crippen LogP contribution in [0.15, 0.2) is 60.9 Å². The molecule has 13 nitrogen and oxygen atoms in total. The summed E-state index contributed by atoms with van der Waals surface area (Å²) >= 11 is 7.03. The molecule has 7 rings (SSSR count). The number of nitrogens with zero attached hydrogens (tertiary/aromatic N) is 5. The summed E-state index contributed by atoms with van der Waals surface area (Å²) in [6, 6.07) is 15.0. The third-order valence-corrected chi connectivity index (χ3v) is 11.9. The van der Waals surface area contributed by atoms with Gasteiger partial charge < -0.3 is 19.9 Å². The van der Waals surface area contributed by atoms with Gasteiger partial charge in [0.2, 0.25) is 0 Å². The number of methoxy groups -OCH3 is 1. The van der Waals surface area contributed by atoms with Crippen LogP contribution in [0, 0.1) is 18.8 Å². The number of fused-ring (bicyclic) bond motifs is 2. The molecular weight excluding hydrogens is 754 g/mol. The number of rotatable bonds is 12. The maximum Gasteiger partial charge on any atom is 0.308 e. The number of carbonyl (C=O) groups excluding carboxylic acids is 2. The van der Waals surface area contributed by atoms with E-state index in [1.807, 2.05) is 54.9 Å². The lowest BCUT2D eigenvalue weighted by Gasteiger charge is -2.31. The van der Waals surface area contributed by atoms with Crippen molar-refractivity contribution in [3.63, 3.8) is 0 Å². The van der Waals surface area contributed by atoms with Crippen molar-refractivity contribution < 1.29 is 26.9 Å². The third kappa shape index (κ3) is 8.73. The van der Waals surface area contributed by atoms with Crippen molar-refractivity contribution in [1.82, 2.24) is 24.4 Å². The van der Waals surface area contributed by atoms with E-state index in [0.717, 1.165) is 97.0 Å². The quantitative estimate of drug-likeness (QED) is 0.0972. The predicted octanol–water partition coefficient (Wildman–Crippen LogP) is 7.19. The number of amides is 1. The molecule has 1 amide bonds. The molecule has 2 N–H and O–H groups in total. The Morgan fingerprint density at radius 2 is 1.77 bits per heavy atom. The Kier molecular flexibility index (Phi) is 11.7. The van der Waals surface area contributed by atoms with E-state index in [9.17, 15) is 18.0 Å². The number of nitrogens with one attached hydrogen (secondary N) is 2. The van der Waals surface area contributed by atoms with E-state index >= 15 is 0 Å². The highest BCUT2D eigenvalue weighted by atomic mass is 35.5. The van der Waals surface area contributed by atoms with Gasteiger partial charge >= 0.3 is 5.97 Å². The number of ether oxygens (including phenoxy) is 1. The van der Waals surface area contributed by atoms with Gasteiger partial charge in [-0.2, -0.15) is 8.42 Å². The maximum atomic E-state index is 13.7. The molecule has 0 unspecified atom stereocenters. The second-order valence-corrected chi connectivity index (χ2v) is 16.7. The molecule has 0 radical (unpaired) electrons. The molecule has 0 saturated heterocycles. The van der Waals surface area contributed by atoms with Crippen LogP contribution in [0.3, 0.4) is 0 Å². The average molecular weight is 800 g/mol. The van der Waals surface area contributed by atoms with Crippen molar-refractivity contribution in [3.05, 3.63) is 94.3 Å². The smallest absolute Gasteiger partial charge is 0.308 e. The van der Waals surface area contributed by atoms with Gasteiger partial charge in [-0.3, -0.25) is 23.7 Å². The second-order valence-electron chi connectivity index (χ2n) is 14.7. The molecule has 2 aromatic carbocycles. The summed E-state index contributed by atoms with van der Waals surface area (Å²) in [5.74, 6) is 1.11. The molecule has 1 aliphatic carbocycles. The minimum Gasteiger partial charge on any atom is -0.469 e. The summed E-state index contributed by atoms with van der Waals surface area (Å²) in [6.45, 7) is 4.43. The van der Waals surface area contributed by atoms with E-state index < -0.39 is 10.1 Å². The van der Waals surface area contributed by atoms with Gasteiger partial charge in [-0.1, -0.05) is 35.9 Å². The monoisotopic (exact) mass is 799 g/mol. The summed E-state index contributed by atoms with van der Waals surface area (Å²) in [5, 5.41) is 7.61. The third-order valence-electron chi connectivity index (χ3n) is 11.0. The molecule has 3 aromatic heterocycles. The van der Waals surface area contributed by atoms with Crippen molar-refractivity contribution in [1.29, 1.82) is 0 Å². The number of hydrogen-bond donors (Lipinski definition) is 2. The van der Waals surface area contributed by atoms with Crippen LogP contribution in [-0.2, 0) is 50.5 Å². The summed E-state index contributed by atoms with van der Waals surface area (Å²) in [4.78, 5) is 42.0. The predicted molar refractivity (Wildman–Crippen MR) is 216 cm³/mol. The van der Waals surface area contributed by atoms with Crippen molar-refractivity contribution in [2.75, 3.05) is 37.1 Å². The first-order valence-corrected chi connectivity index (χ1v) is 21.0. The van der Waals surface area contributed by atoms with Gasteiger partial charge in [-0.05, 0) is 92.4 Å². The van der Waals surface area contributed by atoms with Crippen LogP contribution in [0.25, 0.3) is 22.0 Å². The molecular formula is C41H46ClN7O6S. The number of benzene rings is 2. The highest BCUT2D eigenvalue weighted by Crippen LogP contribution is 2.39. The van der Waals surface area contributed by atoms with Crippen molar-refractivity contribution >= 4 is 61.7 Å². The lowest BCUT2D eigenvalue weighted by molar-refractivity contribution is -0.146. The van der Waals surface area contributed by atoms with Crippen molar-refractivity contribution in [2.24, 2.45) is 18.9 Å². The summed E-state index contributed by atoms with van der Waals surface area (Å²) in [5.41, 5.74) is 7.02. The SMILES string of the molecule is COC(=O)C1CCC(CCN2CCc3c(nc(C(=O)Nc4cccc(-c5cccc(Nc6nccc7cc(COS(C)(=O)=O)cnc67)c5C)c4Cl)n3C)C2)CC1. The Balaban J connectivity index is 1.02. The standard InChI is InChI=1S/C41H46ClN7O6S/c1-25-30(7-5-9-32(25)45-38-37-29(15-18-43-38)21-27(22-44-37)24-55-56(4,52)53)31-8-6-10-33(36(31)42)47-40(50)39-46-34-23-49(20-17-35(34)48(39)2)19-16-26-11-13-28(14-12-26)41(51)54-3/h5-10,15,18,21-22,26,28H,11-14,16-17,19-20,23-24H2,1-4H3,(H,43,45)(H,47,50). The highest BCUT2D eigenvalue weighted by molar-refractivity contribution is 7.85. The fraction of sp³-hybridized carbons (Fsp3) is 0.390. The Bertz CT molecular complexity index is 2390. The van der Waals surface area contributed by atoms with Gasteiger partial charge in [0.1, 0.15) is 5.52 Å². The molecule has 0 atom stereocenters. The molecule has 0 spiro atoms. The number of imidazole rings is 1. The second kappa shape index (κ2) is 16.7. The Morgan fingerprint density at radius 1 is 1.02 bits per heavy atom. The molecule has 2 aliphatic rings. The van der Waals surface area contributed by atoms with Gasteiger partial charge in [0.05, 0.1) is 42.3 Å². The largest absolute Gasteiger partial charge is 0.469 e. The molecule has 294 valence electrons.